The summed E-state index contributed by atoms with van der Waals surface area (Å²) in [6, 6.07) is 15.2. The van der Waals surface area contributed by atoms with Crippen LogP contribution in [0, 0.1) is 25.7 Å². The summed E-state index contributed by atoms with van der Waals surface area (Å²) in [6.45, 7) is 4.55. The molecular formula is C27H21N5O. The first-order valence-corrected chi connectivity index (χ1v) is 10.6. The Kier molecular flexibility index (Phi) is 5.29. The summed E-state index contributed by atoms with van der Waals surface area (Å²) in [4.78, 5) is 25.8. The molecule has 5 rings (SSSR count). The maximum Gasteiger partial charge on any atom is 0.255 e. The SMILES string of the molecule is Cc1cn(-c2cccc(NC(=O)c3ccc(C)c(C#Cc4cnc5c(c4)C=NC5)c3)c2)cn1. The lowest BCUT2D eigenvalue weighted by molar-refractivity contribution is 0.102. The smallest absolute Gasteiger partial charge is 0.255 e. The van der Waals surface area contributed by atoms with E-state index in [4.69, 9.17) is 0 Å². The van der Waals surface area contributed by atoms with Crippen LogP contribution in [0.1, 0.15) is 44.0 Å². The molecule has 1 amide bonds. The number of hydrogen-bond donors (Lipinski definition) is 1. The lowest BCUT2D eigenvalue weighted by Gasteiger charge is -2.09. The molecule has 0 bridgehead atoms. The van der Waals surface area contributed by atoms with Gasteiger partial charge in [-0.2, -0.15) is 0 Å². The van der Waals surface area contributed by atoms with Crippen LogP contribution in [0.5, 0.6) is 0 Å². The van der Waals surface area contributed by atoms with Gasteiger partial charge in [0.2, 0.25) is 0 Å². The van der Waals surface area contributed by atoms with Crippen molar-refractivity contribution in [3.05, 3.63) is 106 Å². The summed E-state index contributed by atoms with van der Waals surface area (Å²) >= 11 is 0. The fourth-order valence-corrected chi connectivity index (χ4v) is 3.60. The second-order valence-electron chi connectivity index (χ2n) is 7.94. The quantitative estimate of drug-likeness (QED) is 0.487. The Balaban J connectivity index is 1.36. The van der Waals surface area contributed by atoms with Crippen LogP contribution in [-0.4, -0.2) is 26.7 Å². The number of nitrogens with zero attached hydrogens (tertiary/aromatic N) is 4. The van der Waals surface area contributed by atoms with Crippen molar-refractivity contribution >= 4 is 17.8 Å². The van der Waals surface area contributed by atoms with Crippen LogP contribution in [0.3, 0.4) is 0 Å². The molecule has 1 aliphatic rings. The van der Waals surface area contributed by atoms with Gasteiger partial charge in [-0.3, -0.25) is 14.8 Å². The minimum absolute atomic E-state index is 0.188. The molecule has 0 saturated carbocycles. The number of anilines is 1. The fraction of sp³-hybridized carbons (Fsp3) is 0.111. The molecule has 3 heterocycles. The van der Waals surface area contributed by atoms with Gasteiger partial charge in [-0.05, 0) is 55.8 Å². The number of nitrogens with one attached hydrogen (secondary N) is 1. The number of pyridine rings is 1. The largest absolute Gasteiger partial charge is 0.322 e. The van der Waals surface area contributed by atoms with Crippen molar-refractivity contribution in [1.29, 1.82) is 0 Å². The first-order valence-electron chi connectivity index (χ1n) is 10.6. The number of hydrogen-bond acceptors (Lipinski definition) is 4. The Bertz CT molecular complexity index is 1470. The molecule has 1 aliphatic heterocycles. The van der Waals surface area contributed by atoms with Gasteiger partial charge < -0.3 is 9.88 Å². The van der Waals surface area contributed by atoms with E-state index in [9.17, 15) is 4.79 Å². The summed E-state index contributed by atoms with van der Waals surface area (Å²) < 4.78 is 1.92. The molecule has 0 atom stereocenters. The minimum atomic E-state index is -0.188. The molecule has 4 aromatic rings. The van der Waals surface area contributed by atoms with E-state index in [1.165, 1.54) is 0 Å². The number of benzene rings is 2. The molecular weight excluding hydrogens is 410 g/mol. The third-order valence-corrected chi connectivity index (χ3v) is 5.43. The molecule has 1 N–H and O–H groups in total. The maximum absolute atomic E-state index is 12.9. The molecule has 0 fully saturated rings. The molecule has 0 saturated heterocycles. The highest BCUT2D eigenvalue weighted by molar-refractivity contribution is 6.04. The average molecular weight is 431 g/mol. The van der Waals surface area contributed by atoms with Crippen molar-refractivity contribution in [1.82, 2.24) is 14.5 Å². The Morgan fingerprint density at radius 1 is 1.06 bits per heavy atom. The van der Waals surface area contributed by atoms with E-state index in [0.29, 0.717) is 17.8 Å². The second-order valence-corrected chi connectivity index (χ2v) is 7.94. The van der Waals surface area contributed by atoms with Gasteiger partial charge in [0.05, 0.1) is 24.3 Å². The van der Waals surface area contributed by atoms with Crippen LogP contribution < -0.4 is 5.32 Å². The Labute approximate surface area is 192 Å². The standard InChI is InChI=1S/C27H21N5O/c1-18-6-8-22(11-21(18)9-7-20-10-23-14-28-15-26(23)29-13-20)27(33)31-24-4-3-5-25(12-24)32-16-19(2)30-17-32/h3-6,8,10-14,16-17H,15H2,1-2H3,(H,31,33). The Hall–Kier alpha value is -4.50. The number of aryl methyl sites for hydroxylation is 2. The van der Waals surface area contributed by atoms with Gasteiger partial charge in [-0.15, -0.1) is 0 Å². The van der Waals surface area contributed by atoms with Crippen molar-refractivity contribution in [3.63, 3.8) is 0 Å². The van der Waals surface area contributed by atoms with Crippen LogP contribution in [0.25, 0.3) is 5.69 Å². The molecule has 0 radical (unpaired) electrons. The number of fused-ring (bicyclic) bond motifs is 1. The van der Waals surface area contributed by atoms with Gasteiger partial charge in [0.15, 0.2) is 0 Å². The van der Waals surface area contributed by atoms with Crippen molar-refractivity contribution in [3.8, 4) is 17.5 Å². The summed E-state index contributed by atoms with van der Waals surface area (Å²) in [5.74, 6) is 6.16. The summed E-state index contributed by atoms with van der Waals surface area (Å²) in [5, 5.41) is 2.98. The lowest BCUT2D eigenvalue weighted by Crippen LogP contribution is -2.12. The van der Waals surface area contributed by atoms with E-state index in [-0.39, 0.29) is 5.91 Å². The maximum atomic E-state index is 12.9. The van der Waals surface area contributed by atoms with Crippen LogP contribution in [0.2, 0.25) is 0 Å². The summed E-state index contributed by atoms with van der Waals surface area (Å²) in [6.07, 6.45) is 7.29. The molecule has 0 unspecified atom stereocenters. The number of carbonyl (C=O) groups excluding carboxylic acids is 1. The number of carbonyl (C=O) groups is 1. The first-order chi connectivity index (χ1) is 16.0. The summed E-state index contributed by atoms with van der Waals surface area (Å²) in [7, 11) is 0. The predicted molar refractivity (Wildman–Crippen MR) is 129 cm³/mol. The molecule has 160 valence electrons. The van der Waals surface area contributed by atoms with E-state index in [1.807, 2.05) is 79.4 Å². The molecule has 2 aromatic heterocycles. The van der Waals surface area contributed by atoms with Gasteiger partial charge >= 0.3 is 0 Å². The van der Waals surface area contributed by atoms with Gasteiger partial charge in [-0.25, -0.2) is 4.98 Å². The van der Waals surface area contributed by atoms with Crippen molar-refractivity contribution < 1.29 is 4.79 Å². The molecule has 2 aromatic carbocycles. The van der Waals surface area contributed by atoms with Crippen LogP contribution in [0.15, 0.2) is 72.2 Å². The molecule has 6 nitrogen and oxygen atoms in total. The fourth-order valence-electron chi connectivity index (χ4n) is 3.60. The zero-order chi connectivity index (χ0) is 22.8. The Morgan fingerprint density at radius 3 is 2.82 bits per heavy atom. The van der Waals surface area contributed by atoms with E-state index < -0.39 is 0 Å². The van der Waals surface area contributed by atoms with Crippen molar-refractivity contribution in [2.75, 3.05) is 5.32 Å². The summed E-state index contributed by atoms with van der Waals surface area (Å²) in [5.41, 5.74) is 7.74. The average Bonchev–Trinajstić information content (AvgIpc) is 3.47. The minimum Gasteiger partial charge on any atom is -0.322 e. The number of rotatable bonds is 3. The first kappa shape index (κ1) is 20.4. The predicted octanol–water partition coefficient (Wildman–Crippen LogP) is 4.47. The van der Waals surface area contributed by atoms with Gasteiger partial charge in [0.1, 0.15) is 0 Å². The third kappa shape index (κ3) is 4.43. The number of aromatic nitrogens is 3. The van der Waals surface area contributed by atoms with E-state index in [2.05, 4.69) is 32.1 Å². The highest BCUT2D eigenvalue weighted by Gasteiger charge is 2.10. The Morgan fingerprint density at radius 2 is 1.97 bits per heavy atom. The van der Waals surface area contributed by atoms with Crippen LogP contribution in [0.4, 0.5) is 5.69 Å². The van der Waals surface area contributed by atoms with Gasteiger partial charge in [-0.1, -0.05) is 24.0 Å². The molecule has 6 heteroatoms. The monoisotopic (exact) mass is 431 g/mol. The highest BCUT2D eigenvalue weighted by Crippen LogP contribution is 2.18. The number of amides is 1. The zero-order valence-electron chi connectivity index (χ0n) is 18.3. The molecule has 0 spiro atoms. The number of imidazole rings is 1. The van der Waals surface area contributed by atoms with E-state index in [0.717, 1.165) is 39.3 Å². The highest BCUT2D eigenvalue weighted by atomic mass is 16.1. The lowest BCUT2D eigenvalue weighted by atomic mass is 10.0. The van der Waals surface area contributed by atoms with E-state index in [1.54, 1.807) is 12.5 Å². The van der Waals surface area contributed by atoms with E-state index >= 15 is 0 Å². The van der Waals surface area contributed by atoms with Crippen molar-refractivity contribution in [2.24, 2.45) is 4.99 Å². The molecule has 0 aliphatic carbocycles. The second kappa shape index (κ2) is 8.56. The third-order valence-electron chi connectivity index (χ3n) is 5.43. The van der Waals surface area contributed by atoms with Gasteiger partial charge in [0.25, 0.3) is 5.91 Å². The van der Waals surface area contributed by atoms with Crippen molar-refractivity contribution in [2.45, 2.75) is 20.4 Å². The zero-order valence-corrected chi connectivity index (χ0v) is 18.3. The topological polar surface area (TPSA) is 72.2 Å². The van der Waals surface area contributed by atoms with Gasteiger partial charge in [0, 0.05) is 52.2 Å². The number of aliphatic imine (C=N–C) groups is 1. The van der Waals surface area contributed by atoms with Crippen LogP contribution >= 0.6 is 0 Å². The van der Waals surface area contributed by atoms with Crippen LogP contribution in [-0.2, 0) is 6.54 Å². The molecule has 33 heavy (non-hydrogen) atoms. The normalized spacial score (nSPS) is 11.6.